The molecule has 0 saturated carbocycles. The van der Waals surface area contributed by atoms with Crippen LogP contribution in [0.5, 0.6) is 0 Å². The summed E-state index contributed by atoms with van der Waals surface area (Å²) in [7, 11) is 0. The first-order chi connectivity index (χ1) is 13.7. The van der Waals surface area contributed by atoms with Gasteiger partial charge in [-0.3, -0.25) is 4.57 Å². The highest BCUT2D eigenvalue weighted by Crippen LogP contribution is 2.26. The Morgan fingerprint density at radius 3 is 2.29 bits per heavy atom. The highest BCUT2D eigenvalue weighted by atomic mass is 16.5. The second-order valence-electron chi connectivity index (χ2n) is 7.73. The molecule has 1 aliphatic rings. The SMILES string of the molecule is NCCCCCCCCCCCCNc1ccn([C@H]2CC[C@@H](CO)O2)c(=O)n1. The summed E-state index contributed by atoms with van der Waals surface area (Å²) in [5, 5.41) is 12.4. The van der Waals surface area contributed by atoms with Crippen molar-refractivity contribution in [2.45, 2.75) is 89.4 Å². The van der Waals surface area contributed by atoms with Gasteiger partial charge in [-0.05, 0) is 38.3 Å². The molecule has 0 unspecified atom stereocenters. The van der Waals surface area contributed by atoms with Crippen LogP contribution in [0.15, 0.2) is 17.1 Å². The van der Waals surface area contributed by atoms with Crippen molar-refractivity contribution in [1.82, 2.24) is 9.55 Å². The van der Waals surface area contributed by atoms with Gasteiger partial charge >= 0.3 is 5.69 Å². The van der Waals surface area contributed by atoms with E-state index in [-0.39, 0.29) is 24.6 Å². The summed E-state index contributed by atoms with van der Waals surface area (Å²) in [5.74, 6) is 0.621. The highest BCUT2D eigenvalue weighted by Gasteiger charge is 2.26. The number of aromatic nitrogens is 2. The number of hydrogen-bond donors (Lipinski definition) is 3. The molecule has 0 bridgehead atoms. The van der Waals surface area contributed by atoms with Crippen molar-refractivity contribution in [2.75, 3.05) is 25.0 Å². The first kappa shape index (κ1) is 22.8. The zero-order chi connectivity index (χ0) is 20.0. The Balaban J connectivity index is 1.53. The number of nitrogens with one attached hydrogen (secondary N) is 1. The number of unbranched alkanes of at least 4 members (excludes halogenated alkanes) is 9. The standard InChI is InChI=1S/C21H38N4O3/c22-14-9-7-5-3-1-2-4-6-8-10-15-23-19-13-16-25(21(27)24-19)20-12-11-18(17-26)28-20/h13,16,18,20,26H,1-12,14-15,17,22H2,(H,23,24,27)/t18-,20+/m0/s1. The summed E-state index contributed by atoms with van der Waals surface area (Å²) in [6.45, 7) is 1.65. The largest absolute Gasteiger partial charge is 0.394 e. The zero-order valence-electron chi connectivity index (χ0n) is 17.2. The Labute approximate surface area is 168 Å². The number of nitrogens with zero attached hydrogens (tertiary/aromatic N) is 2. The van der Waals surface area contributed by atoms with Crippen LogP contribution in [0.4, 0.5) is 5.82 Å². The molecule has 1 aromatic heterocycles. The third kappa shape index (κ3) is 8.29. The van der Waals surface area contributed by atoms with Gasteiger partial charge in [-0.2, -0.15) is 4.98 Å². The number of ether oxygens (including phenoxy) is 1. The number of hydrogen-bond acceptors (Lipinski definition) is 6. The first-order valence-electron chi connectivity index (χ1n) is 11.0. The van der Waals surface area contributed by atoms with E-state index in [4.69, 9.17) is 15.6 Å². The van der Waals surface area contributed by atoms with Crippen LogP contribution < -0.4 is 16.7 Å². The van der Waals surface area contributed by atoms with E-state index in [0.717, 1.165) is 38.8 Å². The molecule has 160 valence electrons. The van der Waals surface area contributed by atoms with Crippen LogP contribution in [-0.4, -0.2) is 40.5 Å². The molecule has 1 aromatic rings. The van der Waals surface area contributed by atoms with E-state index >= 15 is 0 Å². The lowest BCUT2D eigenvalue weighted by Gasteiger charge is -2.15. The van der Waals surface area contributed by atoms with E-state index in [1.165, 1.54) is 55.9 Å². The lowest BCUT2D eigenvalue weighted by molar-refractivity contribution is -0.0245. The topological polar surface area (TPSA) is 102 Å². The minimum absolute atomic E-state index is 0.00683. The van der Waals surface area contributed by atoms with Crippen molar-refractivity contribution in [1.29, 1.82) is 0 Å². The van der Waals surface area contributed by atoms with Crippen LogP contribution in [0.2, 0.25) is 0 Å². The van der Waals surface area contributed by atoms with Crippen LogP contribution >= 0.6 is 0 Å². The second kappa shape index (κ2) is 13.7. The molecular formula is C21H38N4O3. The molecule has 4 N–H and O–H groups in total. The number of nitrogens with two attached hydrogens (primary N) is 1. The van der Waals surface area contributed by atoms with Gasteiger partial charge in [0, 0.05) is 12.7 Å². The summed E-state index contributed by atoms with van der Waals surface area (Å²) in [5.41, 5.74) is 5.19. The molecule has 0 spiro atoms. The fourth-order valence-electron chi connectivity index (χ4n) is 3.66. The molecule has 0 aromatic carbocycles. The Bertz CT molecular complexity index is 593. The van der Waals surface area contributed by atoms with Crippen LogP contribution in [-0.2, 0) is 4.74 Å². The Kier molecular flexibility index (Phi) is 11.2. The molecule has 7 heteroatoms. The highest BCUT2D eigenvalue weighted by molar-refractivity contribution is 5.31. The molecule has 28 heavy (non-hydrogen) atoms. The van der Waals surface area contributed by atoms with Gasteiger partial charge in [0.1, 0.15) is 12.0 Å². The van der Waals surface area contributed by atoms with E-state index < -0.39 is 0 Å². The molecule has 1 saturated heterocycles. The fraction of sp³-hybridized carbons (Fsp3) is 0.810. The number of anilines is 1. The smallest absolute Gasteiger partial charge is 0.351 e. The Hall–Kier alpha value is -1.44. The predicted octanol–water partition coefficient (Wildman–Crippen LogP) is 3.18. The quantitative estimate of drug-likeness (QED) is 0.395. The third-order valence-corrected chi connectivity index (χ3v) is 5.37. The molecular weight excluding hydrogens is 356 g/mol. The minimum atomic E-state index is -0.313. The normalized spacial score (nSPS) is 19.2. The van der Waals surface area contributed by atoms with Crippen LogP contribution in [0, 0.1) is 0 Å². The lowest BCUT2D eigenvalue weighted by Crippen LogP contribution is -2.28. The lowest BCUT2D eigenvalue weighted by atomic mass is 10.1. The molecule has 7 nitrogen and oxygen atoms in total. The summed E-state index contributed by atoms with van der Waals surface area (Å²) < 4.78 is 7.15. The average molecular weight is 395 g/mol. The van der Waals surface area contributed by atoms with Gasteiger partial charge in [0.25, 0.3) is 0 Å². The molecule has 2 heterocycles. The third-order valence-electron chi connectivity index (χ3n) is 5.37. The number of aliphatic hydroxyl groups excluding tert-OH is 1. The van der Waals surface area contributed by atoms with Crippen molar-refractivity contribution in [3.8, 4) is 0 Å². The predicted molar refractivity (Wildman–Crippen MR) is 112 cm³/mol. The molecule has 0 radical (unpaired) electrons. The average Bonchev–Trinajstić information content (AvgIpc) is 3.18. The van der Waals surface area contributed by atoms with E-state index in [1.54, 1.807) is 6.20 Å². The van der Waals surface area contributed by atoms with Crippen molar-refractivity contribution in [3.05, 3.63) is 22.7 Å². The van der Waals surface area contributed by atoms with E-state index in [9.17, 15) is 4.79 Å². The van der Waals surface area contributed by atoms with Crippen molar-refractivity contribution < 1.29 is 9.84 Å². The summed E-state index contributed by atoms with van der Waals surface area (Å²) in [4.78, 5) is 16.3. The van der Waals surface area contributed by atoms with Gasteiger partial charge in [-0.15, -0.1) is 0 Å². The monoisotopic (exact) mass is 394 g/mol. The van der Waals surface area contributed by atoms with E-state index in [2.05, 4.69) is 10.3 Å². The van der Waals surface area contributed by atoms with E-state index in [1.807, 2.05) is 6.07 Å². The van der Waals surface area contributed by atoms with Gasteiger partial charge in [-0.25, -0.2) is 4.79 Å². The van der Waals surface area contributed by atoms with Gasteiger partial charge < -0.3 is 20.9 Å². The van der Waals surface area contributed by atoms with Crippen molar-refractivity contribution in [2.24, 2.45) is 5.73 Å². The second-order valence-corrected chi connectivity index (χ2v) is 7.73. The maximum absolute atomic E-state index is 12.2. The molecule has 2 rings (SSSR count). The van der Waals surface area contributed by atoms with E-state index in [0.29, 0.717) is 5.82 Å². The Morgan fingerprint density at radius 1 is 1.07 bits per heavy atom. The van der Waals surface area contributed by atoms with Crippen LogP contribution in [0.3, 0.4) is 0 Å². The molecule has 2 atom stereocenters. The fourth-order valence-corrected chi connectivity index (χ4v) is 3.66. The zero-order valence-corrected chi connectivity index (χ0v) is 17.2. The van der Waals surface area contributed by atoms with Crippen molar-refractivity contribution >= 4 is 5.82 Å². The summed E-state index contributed by atoms with van der Waals surface area (Å²) >= 11 is 0. The van der Waals surface area contributed by atoms with Crippen LogP contribution in [0.1, 0.15) is 83.3 Å². The van der Waals surface area contributed by atoms with Gasteiger partial charge in [-0.1, -0.05) is 51.4 Å². The van der Waals surface area contributed by atoms with Gasteiger partial charge in [0.05, 0.1) is 12.7 Å². The summed E-state index contributed by atoms with van der Waals surface area (Å²) in [6, 6.07) is 1.82. The minimum Gasteiger partial charge on any atom is -0.394 e. The maximum atomic E-state index is 12.2. The number of aliphatic hydroxyl groups is 1. The van der Waals surface area contributed by atoms with Gasteiger partial charge in [0.15, 0.2) is 0 Å². The van der Waals surface area contributed by atoms with Crippen LogP contribution in [0.25, 0.3) is 0 Å². The van der Waals surface area contributed by atoms with Crippen molar-refractivity contribution in [3.63, 3.8) is 0 Å². The number of rotatable bonds is 15. The molecule has 0 aliphatic carbocycles. The molecule has 0 amide bonds. The van der Waals surface area contributed by atoms with Gasteiger partial charge in [0.2, 0.25) is 0 Å². The maximum Gasteiger partial charge on any atom is 0.351 e. The molecule has 1 aliphatic heterocycles. The first-order valence-corrected chi connectivity index (χ1v) is 11.0. The Morgan fingerprint density at radius 2 is 1.71 bits per heavy atom. The summed E-state index contributed by atoms with van der Waals surface area (Å²) in [6.07, 6.45) is 15.4. The molecule has 1 fully saturated rings.